The molecule has 0 fully saturated rings. The fourth-order valence-corrected chi connectivity index (χ4v) is 1.17. The van der Waals surface area contributed by atoms with E-state index in [9.17, 15) is 19.7 Å². The lowest BCUT2D eigenvalue weighted by Crippen LogP contribution is -2.04. The van der Waals surface area contributed by atoms with Crippen LogP contribution in [0.3, 0.4) is 0 Å². The van der Waals surface area contributed by atoms with E-state index in [1.54, 1.807) is 0 Å². The molecule has 7 heteroatoms. The lowest BCUT2D eigenvalue weighted by atomic mass is 10.1. The molecular weight excluding hydrogens is 218 g/mol. The molecule has 1 rings (SSSR count). The highest BCUT2D eigenvalue weighted by atomic mass is 16.6. The van der Waals surface area contributed by atoms with E-state index in [2.05, 4.69) is 0 Å². The Bertz CT molecular complexity index is 467. The van der Waals surface area contributed by atoms with Gasteiger partial charge in [-0.25, -0.2) is 4.79 Å². The first kappa shape index (κ1) is 11.6. The van der Waals surface area contributed by atoms with Gasteiger partial charge in [-0.1, -0.05) is 0 Å². The quantitative estimate of drug-likeness (QED) is 0.467. The minimum absolute atomic E-state index is 0.0970. The minimum atomic E-state index is -1.36. The number of aldehydes is 1. The van der Waals surface area contributed by atoms with Crippen LogP contribution in [0, 0.1) is 10.1 Å². The summed E-state index contributed by atoms with van der Waals surface area (Å²) in [5.41, 5.74) is -1.15. The molecule has 0 aliphatic carbocycles. The highest BCUT2D eigenvalue weighted by molar-refractivity contribution is 5.94. The third-order valence-electron chi connectivity index (χ3n) is 1.90. The van der Waals surface area contributed by atoms with Crippen molar-refractivity contribution in [2.75, 3.05) is 7.11 Å². The number of carboxylic acid groups (broad SMARTS) is 1. The van der Waals surface area contributed by atoms with Gasteiger partial charge in [0.05, 0.1) is 17.6 Å². The van der Waals surface area contributed by atoms with Gasteiger partial charge in [0.1, 0.15) is 11.3 Å². The number of rotatable bonds is 4. The van der Waals surface area contributed by atoms with Crippen molar-refractivity contribution in [2.24, 2.45) is 0 Å². The predicted octanol–water partition coefficient (Wildman–Crippen LogP) is 1.11. The van der Waals surface area contributed by atoms with Gasteiger partial charge in [0.15, 0.2) is 6.29 Å². The minimum Gasteiger partial charge on any atom is -0.496 e. The van der Waals surface area contributed by atoms with Crippen LogP contribution in [0.25, 0.3) is 0 Å². The molecule has 0 amide bonds. The largest absolute Gasteiger partial charge is 0.496 e. The van der Waals surface area contributed by atoms with Gasteiger partial charge < -0.3 is 9.84 Å². The van der Waals surface area contributed by atoms with Crippen molar-refractivity contribution < 1.29 is 24.4 Å². The summed E-state index contributed by atoms with van der Waals surface area (Å²) in [5, 5.41) is 19.3. The van der Waals surface area contributed by atoms with Crippen LogP contribution in [0.2, 0.25) is 0 Å². The average Bonchev–Trinajstić information content (AvgIpc) is 2.26. The molecule has 0 heterocycles. The predicted molar refractivity (Wildman–Crippen MR) is 52.0 cm³/mol. The smallest absolute Gasteiger partial charge is 0.339 e. The van der Waals surface area contributed by atoms with E-state index in [1.165, 1.54) is 7.11 Å². The van der Waals surface area contributed by atoms with Crippen molar-refractivity contribution >= 4 is 17.9 Å². The summed E-state index contributed by atoms with van der Waals surface area (Å²) in [6.45, 7) is 0. The fourth-order valence-electron chi connectivity index (χ4n) is 1.17. The van der Waals surface area contributed by atoms with Crippen LogP contribution in [-0.4, -0.2) is 29.4 Å². The van der Waals surface area contributed by atoms with Crippen LogP contribution in [0.5, 0.6) is 5.75 Å². The molecule has 7 nitrogen and oxygen atoms in total. The molecule has 0 aliphatic rings. The van der Waals surface area contributed by atoms with Gasteiger partial charge >= 0.3 is 5.97 Å². The maximum atomic E-state index is 10.8. The van der Waals surface area contributed by atoms with E-state index < -0.39 is 16.6 Å². The van der Waals surface area contributed by atoms with E-state index in [-0.39, 0.29) is 23.2 Å². The second kappa shape index (κ2) is 4.39. The standard InChI is InChI=1S/C9H7NO6/c1-16-8-2-5(4-11)7(10(14)15)3-6(8)9(12)13/h2-4H,1H3,(H,12,13). The lowest BCUT2D eigenvalue weighted by Gasteiger charge is -2.05. The number of carbonyl (C=O) groups excluding carboxylic acids is 1. The van der Waals surface area contributed by atoms with E-state index in [4.69, 9.17) is 9.84 Å². The highest BCUT2D eigenvalue weighted by Crippen LogP contribution is 2.27. The molecule has 0 aromatic heterocycles. The normalized spacial score (nSPS) is 9.56. The number of carboxylic acids is 1. The van der Waals surface area contributed by atoms with Crippen LogP contribution in [0.1, 0.15) is 20.7 Å². The summed E-state index contributed by atoms with van der Waals surface area (Å²) in [6.07, 6.45) is 0.270. The lowest BCUT2D eigenvalue weighted by molar-refractivity contribution is -0.385. The molecule has 1 aromatic carbocycles. The number of hydrogen-bond acceptors (Lipinski definition) is 5. The Morgan fingerprint density at radius 3 is 2.56 bits per heavy atom. The SMILES string of the molecule is COc1cc(C=O)c([N+](=O)[O-])cc1C(=O)O. The Labute approximate surface area is 89.4 Å². The summed E-state index contributed by atoms with van der Waals surface area (Å²) in [5.74, 6) is -1.46. The molecule has 0 spiro atoms. The number of benzene rings is 1. The number of aromatic carboxylic acids is 1. The summed E-state index contributed by atoms with van der Waals surface area (Å²) < 4.78 is 4.72. The monoisotopic (exact) mass is 225 g/mol. The zero-order valence-corrected chi connectivity index (χ0v) is 8.17. The zero-order valence-electron chi connectivity index (χ0n) is 8.17. The van der Waals surface area contributed by atoms with Crippen LogP contribution < -0.4 is 4.74 Å². The van der Waals surface area contributed by atoms with Crippen LogP contribution in [0.4, 0.5) is 5.69 Å². The number of carbonyl (C=O) groups is 2. The number of nitrogens with zero attached hydrogens (tertiary/aromatic N) is 1. The van der Waals surface area contributed by atoms with Crippen LogP contribution in [-0.2, 0) is 0 Å². The molecule has 0 saturated carbocycles. The maximum Gasteiger partial charge on any atom is 0.339 e. The molecule has 0 atom stereocenters. The Morgan fingerprint density at radius 1 is 1.56 bits per heavy atom. The molecule has 0 bridgehead atoms. The average molecular weight is 225 g/mol. The van der Waals surface area contributed by atoms with E-state index in [1.807, 2.05) is 0 Å². The van der Waals surface area contributed by atoms with Gasteiger partial charge in [-0.15, -0.1) is 0 Å². The van der Waals surface area contributed by atoms with Crippen molar-refractivity contribution in [1.29, 1.82) is 0 Å². The van der Waals surface area contributed by atoms with Crippen LogP contribution >= 0.6 is 0 Å². The van der Waals surface area contributed by atoms with Gasteiger partial charge in [0, 0.05) is 6.07 Å². The summed E-state index contributed by atoms with van der Waals surface area (Å²) in [4.78, 5) is 31.1. The van der Waals surface area contributed by atoms with Crippen molar-refractivity contribution in [1.82, 2.24) is 0 Å². The topological polar surface area (TPSA) is 107 Å². The summed E-state index contributed by atoms with van der Waals surface area (Å²) in [6, 6.07) is 1.82. The first-order chi connectivity index (χ1) is 7.51. The molecule has 1 aromatic rings. The Morgan fingerprint density at radius 2 is 2.19 bits per heavy atom. The van der Waals surface area contributed by atoms with Crippen molar-refractivity contribution in [2.45, 2.75) is 0 Å². The van der Waals surface area contributed by atoms with Gasteiger partial charge in [0.25, 0.3) is 5.69 Å². The maximum absolute atomic E-state index is 10.8. The molecule has 0 radical (unpaired) electrons. The molecular formula is C9H7NO6. The van der Waals surface area contributed by atoms with E-state index in [0.717, 1.165) is 12.1 Å². The molecule has 0 aliphatic heterocycles. The van der Waals surface area contributed by atoms with Crippen molar-refractivity contribution in [3.8, 4) is 5.75 Å². The fraction of sp³-hybridized carbons (Fsp3) is 0.111. The summed E-state index contributed by atoms with van der Waals surface area (Å²) >= 11 is 0. The van der Waals surface area contributed by atoms with Crippen LogP contribution in [0.15, 0.2) is 12.1 Å². The Hall–Kier alpha value is -2.44. The number of nitro groups is 1. The van der Waals surface area contributed by atoms with E-state index >= 15 is 0 Å². The molecule has 84 valence electrons. The molecule has 16 heavy (non-hydrogen) atoms. The second-order valence-electron chi connectivity index (χ2n) is 2.79. The second-order valence-corrected chi connectivity index (χ2v) is 2.79. The van der Waals surface area contributed by atoms with Gasteiger partial charge in [-0.2, -0.15) is 0 Å². The van der Waals surface area contributed by atoms with Crippen molar-refractivity contribution in [3.05, 3.63) is 33.4 Å². The van der Waals surface area contributed by atoms with Gasteiger partial charge in [-0.05, 0) is 6.07 Å². The third kappa shape index (κ3) is 1.97. The third-order valence-corrected chi connectivity index (χ3v) is 1.90. The Kier molecular flexibility index (Phi) is 3.19. The first-order valence-corrected chi connectivity index (χ1v) is 4.06. The number of methoxy groups -OCH3 is 1. The highest BCUT2D eigenvalue weighted by Gasteiger charge is 2.21. The van der Waals surface area contributed by atoms with E-state index in [0.29, 0.717) is 0 Å². The first-order valence-electron chi connectivity index (χ1n) is 4.06. The number of hydrogen-bond donors (Lipinski definition) is 1. The molecule has 1 N–H and O–H groups in total. The molecule has 0 unspecified atom stereocenters. The number of ether oxygens (including phenoxy) is 1. The molecule has 0 saturated heterocycles. The van der Waals surface area contributed by atoms with Gasteiger partial charge in [-0.3, -0.25) is 14.9 Å². The Balaban J connectivity index is 3.52. The van der Waals surface area contributed by atoms with Crippen molar-refractivity contribution in [3.63, 3.8) is 0 Å². The number of nitro benzene ring substituents is 1. The van der Waals surface area contributed by atoms with Gasteiger partial charge in [0.2, 0.25) is 0 Å². The summed E-state index contributed by atoms with van der Waals surface area (Å²) in [7, 11) is 1.21. The zero-order chi connectivity index (χ0) is 12.3.